The number of benzene rings is 1. The number of amides is 1. The fraction of sp³-hybridized carbons (Fsp3) is 0.438. The maximum Gasteiger partial charge on any atom is 0.309 e. The van der Waals surface area contributed by atoms with E-state index in [1.807, 2.05) is 0 Å². The van der Waals surface area contributed by atoms with Gasteiger partial charge in [0.15, 0.2) is 11.5 Å². The molecule has 0 spiro atoms. The standard InChI is InChI=1S/C16H18N2O4/c1-16(2,15(20)21)8-13(19)17-10-5-6-12-11(7-10)18-14(22-12)9-3-4-9/h5-7,9H,3-4,8H2,1-2H3,(H,17,19)(H,20,21). The van der Waals surface area contributed by atoms with Gasteiger partial charge in [0.05, 0.1) is 5.41 Å². The number of carbonyl (C=O) groups is 2. The van der Waals surface area contributed by atoms with Crippen molar-refractivity contribution in [2.75, 3.05) is 5.32 Å². The van der Waals surface area contributed by atoms with Gasteiger partial charge < -0.3 is 14.8 Å². The third-order valence-electron chi connectivity index (χ3n) is 3.80. The topological polar surface area (TPSA) is 92.4 Å². The van der Waals surface area contributed by atoms with Crippen LogP contribution in [0, 0.1) is 5.41 Å². The van der Waals surface area contributed by atoms with Crippen molar-refractivity contribution >= 4 is 28.7 Å². The number of nitrogens with zero attached hydrogens (tertiary/aromatic N) is 1. The van der Waals surface area contributed by atoms with Crippen LogP contribution < -0.4 is 5.32 Å². The van der Waals surface area contributed by atoms with E-state index in [0.717, 1.165) is 18.7 Å². The second-order valence-electron chi connectivity index (χ2n) is 6.42. The smallest absolute Gasteiger partial charge is 0.309 e. The summed E-state index contributed by atoms with van der Waals surface area (Å²) < 4.78 is 5.66. The molecular formula is C16H18N2O4. The molecule has 2 aromatic rings. The highest BCUT2D eigenvalue weighted by atomic mass is 16.4. The summed E-state index contributed by atoms with van der Waals surface area (Å²) in [6, 6.07) is 5.25. The molecule has 1 saturated carbocycles. The van der Waals surface area contributed by atoms with Gasteiger partial charge in [0, 0.05) is 18.0 Å². The number of anilines is 1. The van der Waals surface area contributed by atoms with Crippen molar-refractivity contribution in [3.05, 3.63) is 24.1 Å². The normalized spacial score (nSPS) is 15.0. The fourth-order valence-corrected chi connectivity index (χ4v) is 2.21. The number of aliphatic carboxylic acids is 1. The first-order chi connectivity index (χ1) is 10.3. The molecule has 1 fully saturated rings. The van der Waals surface area contributed by atoms with Crippen LogP contribution >= 0.6 is 0 Å². The van der Waals surface area contributed by atoms with Crippen molar-refractivity contribution in [2.45, 2.75) is 39.0 Å². The van der Waals surface area contributed by atoms with Crippen LogP contribution in [0.2, 0.25) is 0 Å². The van der Waals surface area contributed by atoms with Crippen LogP contribution in [0.25, 0.3) is 11.1 Å². The minimum atomic E-state index is -1.10. The Morgan fingerprint density at radius 3 is 2.77 bits per heavy atom. The third-order valence-corrected chi connectivity index (χ3v) is 3.80. The predicted molar refractivity (Wildman–Crippen MR) is 80.6 cm³/mol. The number of aromatic nitrogens is 1. The van der Waals surface area contributed by atoms with E-state index in [2.05, 4.69) is 10.3 Å². The Hall–Kier alpha value is -2.37. The Morgan fingerprint density at radius 1 is 1.41 bits per heavy atom. The molecule has 0 bridgehead atoms. The molecule has 22 heavy (non-hydrogen) atoms. The number of hydrogen-bond acceptors (Lipinski definition) is 4. The molecule has 1 aromatic carbocycles. The molecule has 0 aliphatic heterocycles. The Bertz CT molecular complexity index is 744. The molecule has 3 rings (SSSR count). The highest BCUT2D eigenvalue weighted by molar-refractivity contribution is 5.95. The van der Waals surface area contributed by atoms with E-state index < -0.39 is 11.4 Å². The molecular weight excluding hydrogens is 284 g/mol. The van der Waals surface area contributed by atoms with Crippen LogP contribution in [0.15, 0.2) is 22.6 Å². The SMILES string of the molecule is CC(C)(CC(=O)Nc1ccc2oc(C3CC3)nc2c1)C(=O)O. The average Bonchev–Trinajstić information content (AvgIpc) is 3.18. The van der Waals surface area contributed by atoms with Crippen LogP contribution in [0.4, 0.5) is 5.69 Å². The number of carbonyl (C=O) groups excluding carboxylic acids is 1. The van der Waals surface area contributed by atoms with Crippen molar-refractivity contribution < 1.29 is 19.1 Å². The minimum Gasteiger partial charge on any atom is -0.481 e. The molecule has 1 amide bonds. The number of rotatable bonds is 5. The monoisotopic (exact) mass is 302 g/mol. The Kier molecular flexibility index (Phi) is 3.39. The fourth-order valence-electron chi connectivity index (χ4n) is 2.21. The number of carboxylic acid groups (broad SMARTS) is 1. The lowest BCUT2D eigenvalue weighted by Gasteiger charge is -2.18. The summed E-state index contributed by atoms with van der Waals surface area (Å²) in [5.74, 6) is -0.145. The Balaban J connectivity index is 1.73. The van der Waals surface area contributed by atoms with Crippen LogP contribution in [-0.4, -0.2) is 22.0 Å². The van der Waals surface area contributed by atoms with Gasteiger partial charge in [-0.05, 0) is 44.9 Å². The van der Waals surface area contributed by atoms with Crippen molar-refractivity contribution in [3.8, 4) is 0 Å². The number of hydrogen-bond donors (Lipinski definition) is 2. The highest BCUT2D eigenvalue weighted by Crippen LogP contribution is 2.40. The van der Waals surface area contributed by atoms with E-state index >= 15 is 0 Å². The first-order valence-corrected chi connectivity index (χ1v) is 7.29. The van der Waals surface area contributed by atoms with Gasteiger partial charge in [-0.15, -0.1) is 0 Å². The summed E-state index contributed by atoms with van der Waals surface area (Å²) >= 11 is 0. The van der Waals surface area contributed by atoms with Crippen LogP contribution in [-0.2, 0) is 9.59 Å². The molecule has 1 aliphatic rings. The largest absolute Gasteiger partial charge is 0.481 e. The number of oxazole rings is 1. The van der Waals surface area contributed by atoms with E-state index in [1.54, 1.807) is 18.2 Å². The molecule has 116 valence electrons. The summed E-state index contributed by atoms with van der Waals surface area (Å²) in [5.41, 5.74) is 0.901. The second kappa shape index (κ2) is 5.12. The van der Waals surface area contributed by atoms with E-state index in [4.69, 9.17) is 9.52 Å². The first-order valence-electron chi connectivity index (χ1n) is 7.29. The zero-order valence-electron chi connectivity index (χ0n) is 12.5. The zero-order chi connectivity index (χ0) is 15.9. The quantitative estimate of drug-likeness (QED) is 0.885. The van der Waals surface area contributed by atoms with E-state index in [-0.39, 0.29) is 12.3 Å². The van der Waals surface area contributed by atoms with Gasteiger partial charge in [0.2, 0.25) is 5.91 Å². The van der Waals surface area contributed by atoms with Gasteiger partial charge in [-0.25, -0.2) is 4.98 Å². The lowest BCUT2D eigenvalue weighted by atomic mass is 9.89. The zero-order valence-corrected chi connectivity index (χ0v) is 12.5. The highest BCUT2D eigenvalue weighted by Gasteiger charge is 2.30. The van der Waals surface area contributed by atoms with Gasteiger partial charge in [-0.3, -0.25) is 9.59 Å². The van der Waals surface area contributed by atoms with E-state index in [9.17, 15) is 9.59 Å². The minimum absolute atomic E-state index is 0.0908. The van der Waals surface area contributed by atoms with Gasteiger partial charge in [-0.1, -0.05) is 0 Å². The van der Waals surface area contributed by atoms with Gasteiger partial charge in [0.1, 0.15) is 5.52 Å². The van der Waals surface area contributed by atoms with Crippen LogP contribution in [0.1, 0.15) is 44.9 Å². The number of nitrogens with one attached hydrogen (secondary N) is 1. The Morgan fingerprint density at radius 2 is 2.14 bits per heavy atom. The molecule has 6 nitrogen and oxygen atoms in total. The molecule has 1 heterocycles. The van der Waals surface area contributed by atoms with Gasteiger partial charge in [0.25, 0.3) is 0 Å². The summed E-state index contributed by atoms with van der Waals surface area (Å²) in [6.07, 6.45) is 2.13. The van der Waals surface area contributed by atoms with E-state index in [0.29, 0.717) is 22.7 Å². The van der Waals surface area contributed by atoms with Crippen molar-refractivity contribution in [1.29, 1.82) is 0 Å². The van der Waals surface area contributed by atoms with Gasteiger partial charge in [-0.2, -0.15) is 0 Å². The average molecular weight is 302 g/mol. The summed E-state index contributed by atoms with van der Waals surface area (Å²) in [4.78, 5) is 27.5. The van der Waals surface area contributed by atoms with Crippen molar-refractivity contribution in [2.24, 2.45) is 5.41 Å². The molecule has 0 saturated heterocycles. The van der Waals surface area contributed by atoms with Crippen molar-refractivity contribution in [1.82, 2.24) is 4.98 Å². The summed E-state index contributed by atoms with van der Waals surface area (Å²) in [6.45, 7) is 3.05. The molecule has 0 unspecified atom stereocenters. The Labute approximate surface area is 127 Å². The van der Waals surface area contributed by atoms with Gasteiger partial charge >= 0.3 is 5.97 Å². The lowest BCUT2D eigenvalue weighted by molar-refractivity contribution is -0.148. The second-order valence-corrected chi connectivity index (χ2v) is 6.42. The lowest BCUT2D eigenvalue weighted by Crippen LogP contribution is -2.29. The summed E-state index contributed by atoms with van der Waals surface area (Å²) in [7, 11) is 0. The third kappa shape index (κ3) is 2.95. The number of carboxylic acids is 1. The molecule has 1 aliphatic carbocycles. The molecule has 1 aromatic heterocycles. The van der Waals surface area contributed by atoms with Crippen LogP contribution in [0.3, 0.4) is 0 Å². The van der Waals surface area contributed by atoms with Crippen molar-refractivity contribution in [3.63, 3.8) is 0 Å². The molecule has 0 radical (unpaired) electrons. The molecule has 6 heteroatoms. The maximum absolute atomic E-state index is 12.0. The predicted octanol–water partition coefficient (Wildman–Crippen LogP) is 3.14. The summed E-state index contributed by atoms with van der Waals surface area (Å²) in [5, 5.41) is 11.8. The number of fused-ring (bicyclic) bond motifs is 1. The first kappa shape index (κ1) is 14.6. The van der Waals surface area contributed by atoms with E-state index in [1.165, 1.54) is 13.8 Å². The maximum atomic E-state index is 12.0. The molecule has 0 atom stereocenters. The van der Waals surface area contributed by atoms with Crippen LogP contribution in [0.5, 0.6) is 0 Å². The molecule has 2 N–H and O–H groups in total.